The zero-order valence-electron chi connectivity index (χ0n) is 12.0. The second-order valence-electron chi connectivity index (χ2n) is 4.79. The van der Waals surface area contributed by atoms with Gasteiger partial charge in [-0.15, -0.1) is 11.3 Å². The standard InChI is InChI=1S/C16H19NO2S/c1-11-7-15(20-12(11)2)16(18)17-9-13-5-4-6-14(8-13)10-19-3/h4-8H,9-10H2,1-3H3,(H,17,18). The average Bonchev–Trinajstić information content (AvgIpc) is 2.77. The van der Waals surface area contributed by atoms with Crippen molar-refractivity contribution in [2.45, 2.75) is 27.0 Å². The summed E-state index contributed by atoms with van der Waals surface area (Å²) < 4.78 is 5.11. The van der Waals surface area contributed by atoms with Gasteiger partial charge in [0.15, 0.2) is 0 Å². The fourth-order valence-corrected chi connectivity index (χ4v) is 2.90. The number of aryl methyl sites for hydroxylation is 2. The third kappa shape index (κ3) is 3.68. The smallest absolute Gasteiger partial charge is 0.261 e. The number of benzene rings is 1. The zero-order valence-corrected chi connectivity index (χ0v) is 12.8. The molecule has 0 bridgehead atoms. The van der Waals surface area contributed by atoms with Gasteiger partial charge in [0.1, 0.15) is 0 Å². The first-order valence-corrected chi connectivity index (χ1v) is 7.34. The number of thiophene rings is 1. The number of carbonyl (C=O) groups excluding carboxylic acids is 1. The van der Waals surface area contributed by atoms with Crippen LogP contribution in [-0.2, 0) is 17.9 Å². The molecule has 2 rings (SSSR count). The molecule has 1 N–H and O–H groups in total. The van der Waals surface area contributed by atoms with Gasteiger partial charge in [0.2, 0.25) is 0 Å². The Labute approximate surface area is 123 Å². The summed E-state index contributed by atoms with van der Waals surface area (Å²) in [5.74, 6) is -0.0108. The van der Waals surface area contributed by atoms with Crippen LogP contribution in [0.15, 0.2) is 30.3 Å². The number of amides is 1. The molecule has 0 aliphatic heterocycles. The number of nitrogens with one attached hydrogen (secondary N) is 1. The van der Waals surface area contributed by atoms with Crippen LogP contribution in [0.5, 0.6) is 0 Å². The Balaban J connectivity index is 1.97. The normalized spacial score (nSPS) is 10.6. The molecule has 4 heteroatoms. The summed E-state index contributed by atoms with van der Waals surface area (Å²) in [7, 11) is 1.68. The van der Waals surface area contributed by atoms with Crippen molar-refractivity contribution in [3.05, 3.63) is 56.8 Å². The first-order valence-electron chi connectivity index (χ1n) is 6.52. The maximum Gasteiger partial charge on any atom is 0.261 e. The molecule has 0 saturated carbocycles. The molecule has 0 spiro atoms. The quantitative estimate of drug-likeness (QED) is 0.915. The van der Waals surface area contributed by atoms with E-state index in [4.69, 9.17) is 4.74 Å². The molecule has 0 aliphatic carbocycles. The first-order chi connectivity index (χ1) is 9.60. The van der Waals surface area contributed by atoms with Gasteiger partial charge >= 0.3 is 0 Å². The maximum atomic E-state index is 12.1. The number of carbonyl (C=O) groups is 1. The molecule has 0 saturated heterocycles. The van der Waals surface area contributed by atoms with Crippen molar-refractivity contribution in [2.24, 2.45) is 0 Å². The number of hydrogen-bond acceptors (Lipinski definition) is 3. The van der Waals surface area contributed by atoms with Gasteiger partial charge in [0.05, 0.1) is 11.5 Å². The van der Waals surface area contributed by atoms with E-state index in [1.165, 1.54) is 21.8 Å². The maximum absolute atomic E-state index is 12.1. The van der Waals surface area contributed by atoms with Gasteiger partial charge in [-0.25, -0.2) is 0 Å². The predicted octanol–water partition coefficient (Wildman–Crippen LogP) is 3.44. The third-order valence-electron chi connectivity index (χ3n) is 3.15. The highest BCUT2D eigenvalue weighted by atomic mass is 32.1. The summed E-state index contributed by atoms with van der Waals surface area (Å²) in [5, 5.41) is 2.96. The van der Waals surface area contributed by atoms with Crippen LogP contribution in [0.1, 0.15) is 31.2 Å². The van der Waals surface area contributed by atoms with Gasteiger partial charge in [0, 0.05) is 18.5 Å². The minimum Gasteiger partial charge on any atom is -0.380 e. The van der Waals surface area contributed by atoms with Crippen molar-refractivity contribution in [1.82, 2.24) is 5.32 Å². The summed E-state index contributed by atoms with van der Waals surface area (Å²) >= 11 is 1.54. The van der Waals surface area contributed by atoms with Gasteiger partial charge in [0.25, 0.3) is 5.91 Å². The van der Waals surface area contributed by atoms with Crippen LogP contribution in [0.4, 0.5) is 0 Å². The summed E-state index contributed by atoms with van der Waals surface area (Å²) in [5.41, 5.74) is 3.36. The van der Waals surface area contributed by atoms with Crippen LogP contribution in [0.25, 0.3) is 0 Å². The lowest BCUT2D eigenvalue weighted by molar-refractivity contribution is 0.0955. The van der Waals surface area contributed by atoms with E-state index >= 15 is 0 Å². The number of rotatable bonds is 5. The lowest BCUT2D eigenvalue weighted by atomic mass is 10.1. The molecule has 1 aromatic carbocycles. The number of ether oxygens (including phenoxy) is 1. The SMILES string of the molecule is COCc1cccc(CNC(=O)c2cc(C)c(C)s2)c1. The van der Waals surface area contributed by atoms with Crippen molar-refractivity contribution >= 4 is 17.2 Å². The summed E-state index contributed by atoms with van der Waals surface area (Å²) in [6.45, 7) is 5.18. The molecule has 0 unspecified atom stereocenters. The molecular weight excluding hydrogens is 270 g/mol. The minimum absolute atomic E-state index is 0.0108. The minimum atomic E-state index is -0.0108. The van der Waals surface area contributed by atoms with E-state index in [0.717, 1.165) is 16.0 Å². The second kappa shape index (κ2) is 6.68. The molecule has 106 valence electrons. The van der Waals surface area contributed by atoms with Gasteiger partial charge in [-0.3, -0.25) is 4.79 Å². The molecule has 0 fully saturated rings. The second-order valence-corrected chi connectivity index (χ2v) is 6.04. The Morgan fingerprint density at radius 3 is 2.65 bits per heavy atom. The van der Waals surface area contributed by atoms with E-state index < -0.39 is 0 Å². The third-order valence-corrected chi connectivity index (χ3v) is 4.30. The van der Waals surface area contributed by atoms with Gasteiger partial charge in [-0.2, -0.15) is 0 Å². The molecular formula is C16H19NO2S. The van der Waals surface area contributed by atoms with Crippen LogP contribution in [0.3, 0.4) is 0 Å². The van der Waals surface area contributed by atoms with Crippen molar-refractivity contribution in [3.8, 4) is 0 Å². The van der Waals surface area contributed by atoms with Crippen molar-refractivity contribution in [3.63, 3.8) is 0 Å². The number of methoxy groups -OCH3 is 1. The molecule has 0 aliphatic rings. The van der Waals surface area contributed by atoms with Gasteiger partial charge < -0.3 is 10.1 Å². The van der Waals surface area contributed by atoms with Crippen molar-refractivity contribution in [1.29, 1.82) is 0 Å². The fraction of sp³-hybridized carbons (Fsp3) is 0.312. The lowest BCUT2D eigenvalue weighted by Gasteiger charge is -2.06. The molecule has 0 radical (unpaired) electrons. The van der Waals surface area contributed by atoms with Gasteiger partial charge in [-0.1, -0.05) is 24.3 Å². The Morgan fingerprint density at radius 2 is 2.00 bits per heavy atom. The van der Waals surface area contributed by atoms with E-state index in [9.17, 15) is 4.79 Å². The van der Waals surface area contributed by atoms with Gasteiger partial charge in [-0.05, 0) is 36.6 Å². The highest BCUT2D eigenvalue weighted by Crippen LogP contribution is 2.20. The van der Waals surface area contributed by atoms with E-state index in [1.54, 1.807) is 7.11 Å². The Morgan fingerprint density at radius 1 is 1.25 bits per heavy atom. The monoisotopic (exact) mass is 289 g/mol. The number of hydrogen-bond donors (Lipinski definition) is 1. The lowest BCUT2D eigenvalue weighted by Crippen LogP contribution is -2.21. The Kier molecular flexibility index (Phi) is 4.93. The van der Waals surface area contributed by atoms with Crippen LogP contribution >= 0.6 is 11.3 Å². The molecule has 1 heterocycles. The molecule has 1 aromatic heterocycles. The van der Waals surface area contributed by atoms with E-state index in [0.29, 0.717) is 13.2 Å². The van der Waals surface area contributed by atoms with Crippen molar-refractivity contribution < 1.29 is 9.53 Å². The highest BCUT2D eigenvalue weighted by molar-refractivity contribution is 7.14. The highest BCUT2D eigenvalue weighted by Gasteiger charge is 2.10. The zero-order chi connectivity index (χ0) is 14.5. The van der Waals surface area contributed by atoms with Crippen molar-refractivity contribution in [2.75, 3.05) is 7.11 Å². The topological polar surface area (TPSA) is 38.3 Å². The van der Waals surface area contributed by atoms with Crippen LogP contribution in [0, 0.1) is 13.8 Å². The summed E-state index contributed by atoms with van der Waals surface area (Å²) in [6, 6.07) is 9.99. The summed E-state index contributed by atoms with van der Waals surface area (Å²) in [6.07, 6.45) is 0. The van der Waals surface area contributed by atoms with Crippen LogP contribution in [0.2, 0.25) is 0 Å². The molecule has 1 amide bonds. The molecule has 2 aromatic rings. The van der Waals surface area contributed by atoms with Crippen LogP contribution in [-0.4, -0.2) is 13.0 Å². The Hall–Kier alpha value is -1.65. The fourth-order valence-electron chi connectivity index (χ4n) is 1.95. The van der Waals surface area contributed by atoms with Crippen LogP contribution < -0.4 is 5.32 Å². The largest absolute Gasteiger partial charge is 0.380 e. The van der Waals surface area contributed by atoms with E-state index in [2.05, 4.69) is 11.4 Å². The Bertz CT molecular complexity index is 585. The summed E-state index contributed by atoms with van der Waals surface area (Å²) in [4.78, 5) is 14.0. The van der Waals surface area contributed by atoms with E-state index in [1.807, 2.05) is 38.1 Å². The van der Waals surface area contributed by atoms with E-state index in [-0.39, 0.29) is 5.91 Å². The molecule has 3 nitrogen and oxygen atoms in total. The first kappa shape index (κ1) is 14.8. The molecule has 20 heavy (non-hydrogen) atoms. The molecule has 0 atom stereocenters. The predicted molar refractivity (Wildman–Crippen MR) is 82.1 cm³/mol. The average molecular weight is 289 g/mol.